The number of methoxy groups -OCH3 is 1. The Morgan fingerprint density at radius 1 is 1.25 bits per heavy atom. The summed E-state index contributed by atoms with van der Waals surface area (Å²) >= 11 is 3.88. The Labute approximate surface area is 136 Å². The molecule has 0 spiro atoms. The first kappa shape index (κ1) is 14.1. The van der Waals surface area contributed by atoms with Crippen LogP contribution in [-0.4, -0.2) is 12.9 Å². The molecular formula is C16H15IO2S. The van der Waals surface area contributed by atoms with E-state index in [1.807, 2.05) is 18.2 Å². The molecule has 1 aliphatic carbocycles. The molecule has 1 aromatic heterocycles. The average molecular weight is 398 g/mol. The van der Waals surface area contributed by atoms with Crippen LogP contribution in [0.4, 0.5) is 0 Å². The highest BCUT2D eigenvalue weighted by molar-refractivity contribution is 14.1. The van der Waals surface area contributed by atoms with Crippen LogP contribution in [0.2, 0.25) is 0 Å². The van der Waals surface area contributed by atoms with Gasteiger partial charge in [0.15, 0.2) is 0 Å². The number of carbonyl (C=O) groups is 1. The molecule has 0 aliphatic heterocycles. The number of fused-ring (bicyclic) bond motifs is 1. The number of aryl methyl sites for hydroxylation is 2. The Bertz CT molecular complexity index is 637. The molecule has 20 heavy (non-hydrogen) atoms. The van der Waals surface area contributed by atoms with Crippen LogP contribution in [0.3, 0.4) is 0 Å². The van der Waals surface area contributed by atoms with Gasteiger partial charge in [-0.2, -0.15) is 0 Å². The van der Waals surface area contributed by atoms with Crippen molar-refractivity contribution in [3.63, 3.8) is 0 Å². The Balaban J connectivity index is 2.00. The summed E-state index contributed by atoms with van der Waals surface area (Å²) in [5.74, 6) is 0.738. The maximum atomic E-state index is 12.7. The van der Waals surface area contributed by atoms with Crippen LogP contribution in [0, 0.1) is 3.57 Å². The van der Waals surface area contributed by atoms with E-state index in [-0.39, 0.29) is 5.78 Å². The van der Waals surface area contributed by atoms with Gasteiger partial charge in [-0.25, -0.2) is 0 Å². The standard InChI is InChI=1S/C16H15IO2S/c1-19-13-7-6-11(17)9-12(13)16(18)15-8-10-4-2-3-5-14(10)20-15/h6-9H,2-5H2,1H3. The minimum atomic E-state index is 0.0831. The van der Waals surface area contributed by atoms with Crippen molar-refractivity contribution in [2.24, 2.45) is 0 Å². The van der Waals surface area contributed by atoms with E-state index in [0.717, 1.165) is 21.3 Å². The van der Waals surface area contributed by atoms with Gasteiger partial charge in [0.25, 0.3) is 0 Å². The summed E-state index contributed by atoms with van der Waals surface area (Å²) in [7, 11) is 1.61. The zero-order valence-corrected chi connectivity index (χ0v) is 14.2. The SMILES string of the molecule is COc1ccc(I)cc1C(=O)c1cc2c(s1)CCCC2. The van der Waals surface area contributed by atoms with Crippen molar-refractivity contribution in [2.75, 3.05) is 7.11 Å². The molecular weight excluding hydrogens is 383 g/mol. The molecule has 0 radical (unpaired) electrons. The average Bonchev–Trinajstić information content (AvgIpc) is 2.90. The monoisotopic (exact) mass is 398 g/mol. The lowest BCUT2D eigenvalue weighted by atomic mass is 9.98. The van der Waals surface area contributed by atoms with Crippen LogP contribution in [-0.2, 0) is 12.8 Å². The molecule has 0 unspecified atom stereocenters. The molecule has 1 aromatic carbocycles. The summed E-state index contributed by atoms with van der Waals surface area (Å²) in [6.45, 7) is 0. The van der Waals surface area contributed by atoms with Crippen molar-refractivity contribution in [1.82, 2.24) is 0 Å². The summed E-state index contributed by atoms with van der Waals surface area (Å²) in [5.41, 5.74) is 2.03. The first-order valence-corrected chi connectivity index (χ1v) is 8.58. The molecule has 0 saturated heterocycles. The minimum absolute atomic E-state index is 0.0831. The second-order valence-electron chi connectivity index (χ2n) is 4.94. The predicted molar refractivity (Wildman–Crippen MR) is 90.1 cm³/mol. The van der Waals surface area contributed by atoms with Crippen molar-refractivity contribution in [1.29, 1.82) is 0 Å². The van der Waals surface area contributed by atoms with E-state index < -0.39 is 0 Å². The lowest BCUT2D eigenvalue weighted by molar-refractivity contribution is 0.103. The maximum absolute atomic E-state index is 12.7. The van der Waals surface area contributed by atoms with Crippen molar-refractivity contribution >= 4 is 39.7 Å². The van der Waals surface area contributed by atoms with Crippen LogP contribution in [0.15, 0.2) is 24.3 Å². The summed E-state index contributed by atoms with van der Waals surface area (Å²) in [6, 6.07) is 7.80. The fourth-order valence-electron chi connectivity index (χ4n) is 2.59. The van der Waals surface area contributed by atoms with Gasteiger partial charge in [-0.3, -0.25) is 4.79 Å². The summed E-state index contributed by atoms with van der Waals surface area (Å²) in [5, 5.41) is 0. The van der Waals surface area contributed by atoms with E-state index in [9.17, 15) is 4.79 Å². The van der Waals surface area contributed by atoms with Crippen LogP contribution < -0.4 is 4.74 Å². The molecule has 0 amide bonds. The molecule has 0 atom stereocenters. The number of hydrogen-bond acceptors (Lipinski definition) is 3. The number of rotatable bonds is 3. The van der Waals surface area contributed by atoms with E-state index in [2.05, 4.69) is 28.7 Å². The molecule has 0 bridgehead atoms. The smallest absolute Gasteiger partial charge is 0.206 e. The Hall–Kier alpha value is -0.880. The zero-order valence-electron chi connectivity index (χ0n) is 11.2. The first-order valence-electron chi connectivity index (χ1n) is 6.69. The Morgan fingerprint density at radius 3 is 2.80 bits per heavy atom. The Morgan fingerprint density at radius 2 is 2.05 bits per heavy atom. The number of ether oxygens (including phenoxy) is 1. The van der Waals surface area contributed by atoms with Crippen LogP contribution in [0.5, 0.6) is 5.75 Å². The van der Waals surface area contributed by atoms with Gasteiger partial charge >= 0.3 is 0 Å². The van der Waals surface area contributed by atoms with E-state index in [4.69, 9.17) is 4.74 Å². The summed E-state index contributed by atoms with van der Waals surface area (Å²) < 4.78 is 6.37. The minimum Gasteiger partial charge on any atom is -0.496 e. The highest BCUT2D eigenvalue weighted by Gasteiger charge is 2.20. The van der Waals surface area contributed by atoms with Gasteiger partial charge in [0.05, 0.1) is 17.6 Å². The molecule has 2 nitrogen and oxygen atoms in total. The first-order chi connectivity index (χ1) is 9.69. The van der Waals surface area contributed by atoms with Crippen LogP contribution in [0.1, 0.15) is 38.5 Å². The van der Waals surface area contributed by atoms with Gasteiger partial charge in [-0.05, 0) is 78.1 Å². The van der Waals surface area contributed by atoms with E-state index in [0.29, 0.717) is 11.3 Å². The largest absolute Gasteiger partial charge is 0.496 e. The van der Waals surface area contributed by atoms with Gasteiger partial charge in [0.2, 0.25) is 5.78 Å². The van der Waals surface area contributed by atoms with Gasteiger partial charge in [-0.15, -0.1) is 11.3 Å². The van der Waals surface area contributed by atoms with Gasteiger partial charge in [0, 0.05) is 8.45 Å². The molecule has 1 aliphatic rings. The molecule has 104 valence electrons. The van der Waals surface area contributed by atoms with E-state index in [1.165, 1.54) is 23.3 Å². The van der Waals surface area contributed by atoms with Gasteiger partial charge in [-0.1, -0.05) is 0 Å². The quantitative estimate of drug-likeness (QED) is 0.563. The number of ketones is 1. The lowest BCUT2D eigenvalue weighted by Crippen LogP contribution is -2.02. The fraction of sp³-hybridized carbons (Fsp3) is 0.312. The highest BCUT2D eigenvalue weighted by Crippen LogP contribution is 2.32. The van der Waals surface area contributed by atoms with E-state index in [1.54, 1.807) is 18.4 Å². The van der Waals surface area contributed by atoms with Crippen molar-refractivity contribution in [3.8, 4) is 5.75 Å². The van der Waals surface area contributed by atoms with Crippen molar-refractivity contribution in [2.45, 2.75) is 25.7 Å². The van der Waals surface area contributed by atoms with Crippen LogP contribution >= 0.6 is 33.9 Å². The molecule has 0 saturated carbocycles. The third-order valence-electron chi connectivity index (χ3n) is 3.63. The number of benzene rings is 1. The number of halogens is 1. The third kappa shape index (κ3) is 2.63. The fourth-order valence-corrected chi connectivity index (χ4v) is 4.29. The number of carbonyl (C=O) groups excluding carboxylic acids is 1. The molecule has 0 fully saturated rings. The van der Waals surface area contributed by atoms with Crippen molar-refractivity contribution in [3.05, 3.63) is 48.7 Å². The zero-order chi connectivity index (χ0) is 14.1. The molecule has 3 rings (SSSR count). The second-order valence-corrected chi connectivity index (χ2v) is 7.32. The molecule has 1 heterocycles. The normalized spacial score (nSPS) is 13.9. The highest BCUT2D eigenvalue weighted by atomic mass is 127. The van der Waals surface area contributed by atoms with Gasteiger partial charge in [0.1, 0.15) is 5.75 Å². The maximum Gasteiger partial charge on any atom is 0.206 e. The topological polar surface area (TPSA) is 26.3 Å². The van der Waals surface area contributed by atoms with Crippen molar-refractivity contribution < 1.29 is 9.53 Å². The molecule has 2 aromatic rings. The predicted octanol–water partition coefficient (Wildman–Crippen LogP) is 4.47. The lowest BCUT2D eigenvalue weighted by Gasteiger charge is -2.08. The second kappa shape index (κ2) is 5.85. The van der Waals surface area contributed by atoms with Gasteiger partial charge < -0.3 is 4.74 Å². The third-order valence-corrected chi connectivity index (χ3v) is 5.53. The number of thiophene rings is 1. The van der Waals surface area contributed by atoms with Crippen LogP contribution in [0.25, 0.3) is 0 Å². The molecule has 0 N–H and O–H groups in total. The number of hydrogen-bond donors (Lipinski definition) is 0. The summed E-state index contributed by atoms with van der Waals surface area (Å²) in [4.78, 5) is 15.0. The Kier molecular flexibility index (Phi) is 4.12. The summed E-state index contributed by atoms with van der Waals surface area (Å²) in [6.07, 6.45) is 4.72. The molecule has 4 heteroatoms. The van der Waals surface area contributed by atoms with E-state index >= 15 is 0 Å².